The van der Waals surface area contributed by atoms with Gasteiger partial charge >= 0.3 is 0 Å². The Labute approximate surface area is 123 Å². The van der Waals surface area contributed by atoms with Crippen molar-refractivity contribution >= 4 is 22.2 Å². The fourth-order valence-corrected chi connectivity index (χ4v) is 3.19. The molecule has 2 heterocycles. The Bertz CT molecular complexity index is 508. The van der Waals surface area contributed by atoms with Gasteiger partial charge in [0.1, 0.15) is 11.1 Å². The quantitative estimate of drug-likeness (QED) is 0.915. The molecule has 0 spiro atoms. The summed E-state index contributed by atoms with van der Waals surface area (Å²) in [5, 5.41) is 14.2. The number of nitrogens with one attached hydrogen (secondary N) is 1. The molecule has 1 saturated heterocycles. The van der Waals surface area contributed by atoms with Crippen LogP contribution in [0.1, 0.15) is 18.9 Å². The van der Waals surface area contributed by atoms with Crippen molar-refractivity contribution in [3.63, 3.8) is 0 Å². The van der Waals surface area contributed by atoms with Crippen LogP contribution in [0.5, 0.6) is 0 Å². The van der Waals surface area contributed by atoms with Gasteiger partial charge in [-0.25, -0.2) is 0 Å². The van der Waals surface area contributed by atoms with Crippen molar-refractivity contribution in [2.75, 3.05) is 38.5 Å². The highest BCUT2D eigenvalue weighted by molar-refractivity contribution is 7.14. The minimum Gasteiger partial charge on any atom is -0.317 e. The van der Waals surface area contributed by atoms with Crippen LogP contribution in [0, 0.1) is 11.3 Å². The highest BCUT2D eigenvalue weighted by Crippen LogP contribution is 2.22. The molecule has 6 heteroatoms. The Balaban J connectivity index is 1.80. The molecule has 1 amide bonds. The Hall–Kier alpha value is -1.42. The first-order valence-corrected chi connectivity index (χ1v) is 7.68. The van der Waals surface area contributed by atoms with Crippen molar-refractivity contribution in [3.05, 3.63) is 17.0 Å². The van der Waals surface area contributed by atoms with Crippen LogP contribution in [0.3, 0.4) is 0 Å². The van der Waals surface area contributed by atoms with Crippen LogP contribution in [0.15, 0.2) is 11.4 Å². The average molecular weight is 292 g/mol. The van der Waals surface area contributed by atoms with Crippen molar-refractivity contribution in [1.82, 2.24) is 9.80 Å². The summed E-state index contributed by atoms with van der Waals surface area (Å²) in [6.45, 7) is 6.07. The molecule has 0 aliphatic carbocycles. The molecule has 1 unspecified atom stereocenters. The normalized spacial score (nSPS) is 20.6. The van der Waals surface area contributed by atoms with E-state index in [0.29, 0.717) is 23.0 Å². The Kier molecular flexibility index (Phi) is 5.12. The van der Waals surface area contributed by atoms with E-state index in [0.717, 1.165) is 26.2 Å². The predicted molar refractivity (Wildman–Crippen MR) is 80.8 cm³/mol. The van der Waals surface area contributed by atoms with Crippen molar-refractivity contribution in [3.8, 4) is 6.07 Å². The minimum absolute atomic E-state index is 0.0184. The largest absolute Gasteiger partial charge is 0.317 e. The second kappa shape index (κ2) is 6.84. The lowest BCUT2D eigenvalue weighted by Gasteiger charge is -2.38. The number of rotatable bonds is 4. The molecule has 0 radical (unpaired) electrons. The molecule has 1 aromatic heterocycles. The molecule has 20 heavy (non-hydrogen) atoms. The Morgan fingerprint density at radius 2 is 2.40 bits per heavy atom. The van der Waals surface area contributed by atoms with Gasteiger partial charge in [-0.2, -0.15) is 5.26 Å². The number of amides is 1. The molecule has 1 fully saturated rings. The van der Waals surface area contributed by atoms with E-state index in [4.69, 9.17) is 5.26 Å². The van der Waals surface area contributed by atoms with Gasteiger partial charge in [0.2, 0.25) is 5.91 Å². The Morgan fingerprint density at radius 3 is 3.10 bits per heavy atom. The number of piperazine rings is 1. The SMILES string of the molecule is CC1CN(C)CCN1CCC(=O)Nc1sccc1C#N. The molecule has 1 atom stereocenters. The van der Waals surface area contributed by atoms with Gasteiger partial charge in [-0.3, -0.25) is 9.69 Å². The highest BCUT2D eigenvalue weighted by atomic mass is 32.1. The molecule has 0 saturated carbocycles. The number of likely N-dealkylation sites (N-methyl/N-ethyl adjacent to an activating group) is 1. The first-order valence-electron chi connectivity index (χ1n) is 6.80. The summed E-state index contributed by atoms with van der Waals surface area (Å²) >= 11 is 1.39. The summed E-state index contributed by atoms with van der Waals surface area (Å²) in [4.78, 5) is 16.6. The van der Waals surface area contributed by atoms with Gasteiger partial charge in [0.25, 0.3) is 0 Å². The molecule has 2 rings (SSSR count). The summed E-state index contributed by atoms with van der Waals surface area (Å²) in [5.41, 5.74) is 0.538. The van der Waals surface area contributed by atoms with E-state index in [1.54, 1.807) is 6.07 Å². The standard InChI is InChI=1S/C14H20N4OS/c1-11-10-17(2)6-7-18(11)5-3-13(19)16-14-12(9-15)4-8-20-14/h4,8,11H,3,5-7,10H2,1-2H3,(H,16,19). The number of hydrogen-bond acceptors (Lipinski definition) is 5. The molecule has 1 aliphatic rings. The van der Waals surface area contributed by atoms with Crippen LogP contribution < -0.4 is 5.32 Å². The number of carbonyl (C=O) groups excluding carboxylic acids is 1. The lowest BCUT2D eigenvalue weighted by molar-refractivity contribution is -0.116. The molecule has 0 bridgehead atoms. The van der Waals surface area contributed by atoms with Gasteiger partial charge < -0.3 is 10.2 Å². The van der Waals surface area contributed by atoms with Crippen molar-refractivity contribution in [1.29, 1.82) is 5.26 Å². The van der Waals surface area contributed by atoms with Gasteiger partial charge in [0, 0.05) is 38.6 Å². The third-order valence-electron chi connectivity index (χ3n) is 3.63. The maximum absolute atomic E-state index is 11.9. The second-order valence-corrected chi connectivity index (χ2v) is 6.14. The zero-order valence-electron chi connectivity index (χ0n) is 11.9. The van der Waals surface area contributed by atoms with E-state index in [2.05, 4.69) is 35.2 Å². The van der Waals surface area contributed by atoms with E-state index in [-0.39, 0.29) is 5.91 Å². The molecular formula is C14H20N4OS. The van der Waals surface area contributed by atoms with E-state index < -0.39 is 0 Å². The van der Waals surface area contributed by atoms with Gasteiger partial charge in [0.15, 0.2) is 0 Å². The van der Waals surface area contributed by atoms with Crippen LogP contribution in [-0.2, 0) is 4.79 Å². The first-order chi connectivity index (χ1) is 9.60. The Morgan fingerprint density at radius 1 is 1.60 bits per heavy atom. The fourth-order valence-electron chi connectivity index (χ4n) is 2.44. The van der Waals surface area contributed by atoms with E-state index in [1.807, 2.05) is 5.38 Å². The molecule has 5 nitrogen and oxygen atoms in total. The van der Waals surface area contributed by atoms with Crippen molar-refractivity contribution in [2.45, 2.75) is 19.4 Å². The van der Waals surface area contributed by atoms with Crippen molar-refractivity contribution < 1.29 is 4.79 Å². The third-order valence-corrected chi connectivity index (χ3v) is 4.46. The fraction of sp³-hybridized carbons (Fsp3) is 0.571. The van der Waals surface area contributed by atoms with E-state index >= 15 is 0 Å². The topological polar surface area (TPSA) is 59.4 Å². The zero-order valence-corrected chi connectivity index (χ0v) is 12.7. The van der Waals surface area contributed by atoms with Crippen LogP contribution in [0.2, 0.25) is 0 Å². The number of nitrogens with zero attached hydrogens (tertiary/aromatic N) is 3. The average Bonchev–Trinajstić information content (AvgIpc) is 2.85. The summed E-state index contributed by atoms with van der Waals surface area (Å²) < 4.78 is 0. The zero-order chi connectivity index (χ0) is 14.5. The summed E-state index contributed by atoms with van der Waals surface area (Å²) in [7, 11) is 2.13. The first kappa shape index (κ1) is 15.0. The summed E-state index contributed by atoms with van der Waals surface area (Å²) in [5.74, 6) is -0.0184. The lowest BCUT2D eigenvalue weighted by atomic mass is 10.2. The van der Waals surface area contributed by atoms with Gasteiger partial charge in [-0.15, -0.1) is 11.3 Å². The van der Waals surface area contributed by atoms with Gasteiger partial charge in [-0.1, -0.05) is 0 Å². The number of hydrogen-bond donors (Lipinski definition) is 1. The number of carbonyl (C=O) groups is 1. The van der Waals surface area contributed by atoms with Crippen molar-refractivity contribution in [2.24, 2.45) is 0 Å². The summed E-state index contributed by atoms with van der Waals surface area (Å²) in [6, 6.07) is 4.29. The molecule has 108 valence electrons. The van der Waals surface area contributed by atoms with Crippen LogP contribution in [-0.4, -0.2) is 55.0 Å². The van der Waals surface area contributed by atoms with Crippen LogP contribution >= 0.6 is 11.3 Å². The van der Waals surface area contributed by atoms with Crippen LogP contribution in [0.25, 0.3) is 0 Å². The monoisotopic (exact) mass is 292 g/mol. The number of nitriles is 1. The number of thiophene rings is 1. The van der Waals surface area contributed by atoms with E-state index in [9.17, 15) is 4.79 Å². The third kappa shape index (κ3) is 3.79. The van der Waals surface area contributed by atoms with Gasteiger partial charge in [0.05, 0.1) is 5.56 Å². The second-order valence-electron chi connectivity index (χ2n) is 5.22. The predicted octanol–water partition coefficient (Wildman–Crippen LogP) is 1.58. The van der Waals surface area contributed by atoms with E-state index in [1.165, 1.54) is 11.3 Å². The lowest BCUT2D eigenvalue weighted by Crippen LogP contribution is -2.50. The molecule has 1 N–H and O–H groups in total. The highest BCUT2D eigenvalue weighted by Gasteiger charge is 2.21. The maximum Gasteiger partial charge on any atom is 0.226 e. The maximum atomic E-state index is 11.9. The molecule has 1 aromatic rings. The smallest absolute Gasteiger partial charge is 0.226 e. The number of anilines is 1. The molecule has 1 aliphatic heterocycles. The van der Waals surface area contributed by atoms with Gasteiger partial charge in [-0.05, 0) is 25.4 Å². The van der Waals surface area contributed by atoms with Crippen LogP contribution in [0.4, 0.5) is 5.00 Å². The summed E-state index contributed by atoms with van der Waals surface area (Å²) in [6.07, 6.45) is 0.469. The molecule has 0 aromatic carbocycles. The molecular weight excluding hydrogens is 272 g/mol. The minimum atomic E-state index is -0.0184.